The van der Waals surface area contributed by atoms with E-state index in [1.165, 1.54) is 0 Å². The van der Waals surface area contributed by atoms with E-state index < -0.39 is 0 Å². The number of hydrogen-bond acceptors (Lipinski definition) is 2. The van der Waals surface area contributed by atoms with Crippen LogP contribution in [0.15, 0.2) is 4.99 Å². The summed E-state index contributed by atoms with van der Waals surface area (Å²) in [6, 6.07) is 0. The summed E-state index contributed by atoms with van der Waals surface area (Å²) >= 11 is 4.07. The van der Waals surface area contributed by atoms with Gasteiger partial charge in [0.15, 0.2) is 0 Å². The molecule has 0 saturated carbocycles. The molecular formula is C2H2NS. The van der Waals surface area contributed by atoms with Gasteiger partial charge in [-0.2, -0.15) is 0 Å². The third kappa shape index (κ3) is 1.80. The smallest absolute Gasteiger partial charge is 0.0696 e. The molecule has 0 rings (SSSR count). The lowest BCUT2D eigenvalue weighted by molar-refractivity contribution is 1.65. The molecule has 0 aromatic rings. The summed E-state index contributed by atoms with van der Waals surface area (Å²) in [5.41, 5.74) is 0. The Morgan fingerprint density at radius 2 is 2.25 bits per heavy atom. The fourth-order valence-electron chi connectivity index (χ4n) is 0. The van der Waals surface area contributed by atoms with Gasteiger partial charge >= 0.3 is 0 Å². The maximum atomic E-state index is 4.07. The fraction of sp³-hybridized carbons (Fsp3) is 0. The first-order valence-corrected chi connectivity index (χ1v) is 1.15. The van der Waals surface area contributed by atoms with Crippen molar-refractivity contribution in [1.82, 2.24) is 0 Å². The molecule has 0 aliphatic heterocycles. The molecule has 1 nitrogen and oxygen atoms in total. The van der Waals surface area contributed by atoms with Gasteiger partial charge < -0.3 is 0 Å². The summed E-state index contributed by atoms with van der Waals surface area (Å²) in [7, 11) is 3.01. The van der Waals surface area contributed by atoms with E-state index in [1.807, 2.05) is 5.16 Å². The van der Waals surface area contributed by atoms with Crippen molar-refractivity contribution in [2.45, 2.75) is 0 Å². The standard InChI is InChI=1S/C2H2NS/c1-3-2-4/h1H2. The second-order valence-electron chi connectivity index (χ2n) is 0.249. The number of nitrogens with zero attached hydrogens (tertiary/aromatic N) is 1. The van der Waals surface area contributed by atoms with E-state index in [-0.39, 0.29) is 0 Å². The number of hydrogen-bond donors (Lipinski definition) is 0. The van der Waals surface area contributed by atoms with Crippen LogP contribution in [0.2, 0.25) is 0 Å². The van der Waals surface area contributed by atoms with Gasteiger partial charge in [0.1, 0.15) is 0 Å². The van der Waals surface area contributed by atoms with Gasteiger partial charge in [-0.1, -0.05) is 0 Å². The first kappa shape index (κ1) is 3.80. The Balaban J connectivity index is 3.11. The minimum atomic E-state index is 2.03. The molecule has 0 amide bonds. The number of aliphatic imine (C=N–C) groups is 1. The first-order chi connectivity index (χ1) is 1.91. The van der Waals surface area contributed by atoms with Crippen LogP contribution in [0.4, 0.5) is 0 Å². The molecule has 0 fully saturated rings. The molecule has 21 valence electrons. The van der Waals surface area contributed by atoms with Gasteiger partial charge in [0.25, 0.3) is 0 Å². The zero-order valence-corrected chi connectivity index (χ0v) is 2.88. The molecule has 0 aromatic carbocycles. The van der Waals surface area contributed by atoms with Crippen LogP contribution in [-0.2, 0) is 0 Å². The monoisotopic (exact) mass is 72.0 g/mol. The van der Waals surface area contributed by atoms with E-state index in [4.69, 9.17) is 0 Å². The lowest BCUT2D eigenvalue weighted by Crippen LogP contribution is -1.26. The molecule has 0 spiro atoms. The summed E-state index contributed by atoms with van der Waals surface area (Å²) in [6.07, 6.45) is 0. The largest absolute Gasteiger partial charge is 0.231 e. The molecule has 2 heteroatoms. The van der Waals surface area contributed by atoms with Crippen molar-refractivity contribution >= 4 is 17.4 Å². The number of thiocarbonyl (C=S) groups is 1. The predicted molar refractivity (Wildman–Crippen MR) is 20.4 cm³/mol. The average Bonchev–Trinajstić information content (AvgIpc) is 1.37. The van der Waals surface area contributed by atoms with Crippen molar-refractivity contribution < 1.29 is 0 Å². The van der Waals surface area contributed by atoms with Crippen LogP contribution >= 0.6 is 12.2 Å². The van der Waals surface area contributed by atoms with Crippen molar-refractivity contribution in [2.75, 3.05) is 0 Å². The predicted octanol–water partition coefficient (Wildman–Crippen LogP) is 0.881. The molecular weight excluding hydrogens is 70.1 g/mol. The van der Waals surface area contributed by atoms with Gasteiger partial charge in [-0.05, 0) is 12.2 Å². The zero-order valence-electron chi connectivity index (χ0n) is 2.06. The molecule has 0 aliphatic rings. The molecule has 0 heterocycles. The van der Waals surface area contributed by atoms with Crippen LogP contribution in [0.1, 0.15) is 0 Å². The summed E-state index contributed by atoms with van der Waals surface area (Å²) in [4.78, 5) is 3.05. The van der Waals surface area contributed by atoms with E-state index in [0.29, 0.717) is 0 Å². The Morgan fingerprint density at radius 3 is 2.25 bits per heavy atom. The Bertz CT molecular complexity index is 44.0. The van der Waals surface area contributed by atoms with Crippen molar-refractivity contribution in [2.24, 2.45) is 4.99 Å². The topological polar surface area (TPSA) is 12.4 Å². The van der Waals surface area contributed by atoms with Crippen LogP contribution in [0, 0.1) is 7.05 Å². The quantitative estimate of drug-likeness (QED) is 0.305. The van der Waals surface area contributed by atoms with E-state index >= 15 is 0 Å². The molecule has 4 heavy (non-hydrogen) atoms. The van der Waals surface area contributed by atoms with Crippen molar-refractivity contribution in [3.8, 4) is 0 Å². The van der Waals surface area contributed by atoms with Gasteiger partial charge in [0, 0.05) is 0 Å². The van der Waals surface area contributed by atoms with Crippen molar-refractivity contribution in [3.05, 3.63) is 7.05 Å². The maximum absolute atomic E-state index is 4.07. The van der Waals surface area contributed by atoms with E-state index in [2.05, 4.69) is 24.3 Å². The maximum Gasteiger partial charge on any atom is 0.0696 e. The molecule has 1 radical (unpaired) electrons. The number of rotatable bonds is 0. The second-order valence-corrected chi connectivity index (χ2v) is 0.432. The Kier molecular flexibility index (Phi) is 2.66. The molecule has 0 atom stereocenters. The van der Waals surface area contributed by atoms with Crippen LogP contribution in [0.3, 0.4) is 0 Å². The Hall–Kier alpha value is -0.200. The van der Waals surface area contributed by atoms with Gasteiger partial charge in [-0.25, -0.2) is 4.99 Å². The molecule has 0 bridgehead atoms. The molecule has 0 unspecified atom stereocenters. The Labute approximate surface area is 30.4 Å². The lowest BCUT2D eigenvalue weighted by Gasteiger charge is -1.38. The third-order valence-electron chi connectivity index (χ3n) is 0.0645. The summed E-state index contributed by atoms with van der Waals surface area (Å²) < 4.78 is 0. The minimum absolute atomic E-state index is 2.03. The SMILES string of the molecule is [CH2]N=C=S. The van der Waals surface area contributed by atoms with E-state index in [0.717, 1.165) is 0 Å². The van der Waals surface area contributed by atoms with Crippen molar-refractivity contribution in [1.29, 1.82) is 0 Å². The highest BCUT2D eigenvalue weighted by molar-refractivity contribution is 7.78. The molecule has 0 saturated heterocycles. The lowest BCUT2D eigenvalue weighted by atomic mass is 11.4. The van der Waals surface area contributed by atoms with E-state index in [9.17, 15) is 0 Å². The average molecular weight is 72.1 g/mol. The highest BCUT2D eigenvalue weighted by atomic mass is 32.1. The first-order valence-electron chi connectivity index (χ1n) is 0.744. The summed E-state index contributed by atoms with van der Waals surface area (Å²) in [6.45, 7) is 0. The van der Waals surface area contributed by atoms with Crippen LogP contribution in [0.5, 0.6) is 0 Å². The van der Waals surface area contributed by atoms with Crippen LogP contribution < -0.4 is 0 Å². The summed E-state index contributed by atoms with van der Waals surface area (Å²) in [5.74, 6) is 0. The third-order valence-corrected chi connectivity index (χ3v) is 0.194. The van der Waals surface area contributed by atoms with Gasteiger partial charge in [-0.15, -0.1) is 0 Å². The second kappa shape index (κ2) is 2.80. The Morgan fingerprint density at radius 1 is 2.00 bits per heavy atom. The molecule has 0 N–H and O–H groups in total. The van der Waals surface area contributed by atoms with E-state index in [1.54, 1.807) is 0 Å². The minimum Gasteiger partial charge on any atom is -0.231 e. The molecule has 0 aliphatic carbocycles. The molecule has 0 aromatic heterocycles. The van der Waals surface area contributed by atoms with Crippen LogP contribution in [0.25, 0.3) is 0 Å². The van der Waals surface area contributed by atoms with Gasteiger partial charge in [-0.3, -0.25) is 0 Å². The fourth-order valence-corrected chi connectivity index (χ4v) is 0. The highest BCUT2D eigenvalue weighted by Crippen LogP contribution is 1.42. The van der Waals surface area contributed by atoms with Crippen LogP contribution in [-0.4, -0.2) is 5.16 Å². The summed E-state index contributed by atoms with van der Waals surface area (Å²) in [5, 5.41) is 2.03. The normalized spacial score (nSPS) is 4.25. The highest BCUT2D eigenvalue weighted by Gasteiger charge is 1.25. The van der Waals surface area contributed by atoms with Crippen molar-refractivity contribution in [3.63, 3.8) is 0 Å². The number of isothiocyanates is 1. The van der Waals surface area contributed by atoms with Gasteiger partial charge in [0.05, 0.1) is 12.2 Å². The zero-order chi connectivity index (χ0) is 3.41. The van der Waals surface area contributed by atoms with Gasteiger partial charge in [0.2, 0.25) is 0 Å².